The number of nitrogens with zero attached hydrogens (tertiary/aromatic N) is 2. The Morgan fingerprint density at radius 2 is 0.969 bits per heavy atom. The third-order valence-electron chi connectivity index (χ3n) is 10.7. The molecule has 14 heteroatoms. The van der Waals surface area contributed by atoms with Crippen LogP contribution in [0.2, 0.25) is 59.4 Å². The summed E-state index contributed by atoms with van der Waals surface area (Å²) >= 11 is 24.2. The fourth-order valence-electron chi connectivity index (χ4n) is 6.94. The molecular weight excluding hydrogens is 947 g/mol. The minimum absolute atomic E-state index is 0.0117. The van der Waals surface area contributed by atoms with Crippen molar-refractivity contribution < 1.29 is 27.2 Å². The number of benzene rings is 6. The van der Waals surface area contributed by atoms with Gasteiger partial charge in [0.15, 0.2) is 0 Å². The molecule has 0 bridgehead atoms. The standard InChI is InChI=1S/C26H26Cl2F3NOSi.C25H26Cl2FNOSi/c1-34(2,3)24-9-7-19(8-10-24)17-32(25(33)20-14-22(27)16-23(28)15-20)12-11-18-5-4-6-21(13-18)26(29,30)31;1-31(2,3)22-11-6-19(7-12-22)17-29(15-14-18-4-8-20(26)9-5-18)25(30)23-16-21(27)10-13-24(23)28/h4-10,13-16H,11-12,17H2,1-3H3;4-13,16H,14-15,17H2,1-3H3. The fourth-order valence-corrected chi connectivity index (χ4v) is 10.1. The predicted octanol–water partition coefficient (Wildman–Crippen LogP) is 14.0. The molecule has 0 radical (unpaired) electrons. The summed E-state index contributed by atoms with van der Waals surface area (Å²) in [7, 11) is -2.87. The molecule has 0 saturated heterocycles. The maximum absolute atomic E-state index is 14.4. The first-order valence-electron chi connectivity index (χ1n) is 21.1. The largest absolute Gasteiger partial charge is 0.416 e. The van der Waals surface area contributed by atoms with Gasteiger partial charge in [-0.2, -0.15) is 13.2 Å². The first-order chi connectivity index (χ1) is 30.5. The molecule has 4 nitrogen and oxygen atoms in total. The van der Waals surface area contributed by atoms with Gasteiger partial charge in [0.2, 0.25) is 0 Å². The number of amides is 2. The second kappa shape index (κ2) is 22.4. The van der Waals surface area contributed by atoms with Crippen molar-refractivity contribution >= 4 is 84.7 Å². The Bertz CT molecular complexity index is 2540. The number of halogens is 8. The highest BCUT2D eigenvalue weighted by molar-refractivity contribution is 6.89. The van der Waals surface area contributed by atoms with E-state index in [2.05, 4.69) is 75.7 Å². The van der Waals surface area contributed by atoms with Crippen molar-refractivity contribution in [3.8, 4) is 0 Å². The monoisotopic (exact) mass is 996 g/mol. The van der Waals surface area contributed by atoms with Crippen LogP contribution in [-0.4, -0.2) is 50.9 Å². The van der Waals surface area contributed by atoms with E-state index in [-0.39, 0.29) is 30.3 Å². The lowest BCUT2D eigenvalue weighted by Crippen LogP contribution is -2.37. The lowest BCUT2D eigenvalue weighted by Gasteiger charge is -2.24. The maximum atomic E-state index is 14.4. The Morgan fingerprint density at radius 1 is 0.508 bits per heavy atom. The fraction of sp³-hybridized carbons (Fsp3) is 0.255. The van der Waals surface area contributed by atoms with Gasteiger partial charge < -0.3 is 9.80 Å². The molecule has 6 rings (SSSR count). The molecule has 2 amide bonds. The smallest absolute Gasteiger partial charge is 0.334 e. The van der Waals surface area contributed by atoms with Crippen LogP contribution in [0, 0.1) is 5.82 Å². The highest BCUT2D eigenvalue weighted by Gasteiger charge is 2.30. The van der Waals surface area contributed by atoms with Gasteiger partial charge in [0.25, 0.3) is 11.8 Å². The van der Waals surface area contributed by atoms with Crippen LogP contribution in [0.4, 0.5) is 17.6 Å². The second-order valence-corrected chi connectivity index (χ2v) is 29.9. The Labute approximate surface area is 402 Å². The number of hydrogen-bond donors (Lipinski definition) is 0. The minimum Gasteiger partial charge on any atom is -0.334 e. The SMILES string of the molecule is C[Si](C)(C)c1ccc(CN(CCc2ccc(Cl)cc2)C(=O)c2cc(Cl)ccc2F)cc1.C[Si](C)(C)c1ccc(CN(CCc2cccc(C(F)(F)F)c2)C(=O)c2cc(Cl)cc(Cl)c2)cc1. The van der Waals surface area contributed by atoms with E-state index in [0.29, 0.717) is 57.3 Å². The summed E-state index contributed by atoms with van der Waals surface area (Å²) in [4.78, 5) is 29.9. The molecule has 0 aliphatic heterocycles. The molecule has 0 spiro atoms. The van der Waals surface area contributed by atoms with Crippen molar-refractivity contribution in [2.45, 2.75) is 71.4 Å². The molecule has 6 aromatic rings. The van der Waals surface area contributed by atoms with Crippen molar-refractivity contribution in [1.82, 2.24) is 9.80 Å². The topological polar surface area (TPSA) is 40.6 Å². The lowest BCUT2D eigenvalue weighted by atomic mass is 10.1. The number of hydrogen-bond acceptors (Lipinski definition) is 2. The summed E-state index contributed by atoms with van der Waals surface area (Å²) < 4.78 is 53.7. The molecule has 0 atom stereocenters. The van der Waals surface area contributed by atoms with Crippen molar-refractivity contribution in [2.75, 3.05) is 13.1 Å². The Hall–Kier alpha value is -4.43. The van der Waals surface area contributed by atoms with E-state index in [0.717, 1.165) is 28.8 Å². The third-order valence-corrected chi connectivity index (χ3v) is 15.8. The molecule has 6 aromatic carbocycles. The van der Waals surface area contributed by atoms with Crippen molar-refractivity contribution in [1.29, 1.82) is 0 Å². The molecule has 0 unspecified atom stereocenters. The number of carbonyl (C=O) groups is 2. The van der Waals surface area contributed by atoms with Gasteiger partial charge in [0.05, 0.1) is 27.3 Å². The average molecular weight is 999 g/mol. The molecule has 0 aliphatic carbocycles. The van der Waals surface area contributed by atoms with E-state index < -0.39 is 33.7 Å². The maximum Gasteiger partial charge on any atom is 0.416 e. The number of rotatable bonds is 14. The predicted molar refractivity (Wildman–Crippen MR) is 267 cm³/mol. The normalized spacial score (nSPS) is 11.7. The zero-order chi connectivity index (χ0) is 47.7. The van der Waals surface area contributed by atoms with E-state index in [1.54, 1.807) is 34.1 Å². The molecule has 0 N–H and O–H groups in total. The van der Waals surface area contributed by atoms with Crippen LogP contribution in [0.1, 0.15) is 48.5 Å². The Kier molecular flexibility index (Phi) is 17.7. The zero-order valence-electron chi connectivity index (χ0n) is 37.2. The Balaban J connectivity index is 0.000000245. The van der Waals surface area contributed by atoms with E-state index >= 15 is 0 Å². The number of alkyl halides is 3. The summed E-state index contributed by atoms with van der Waals surface area (Å²) in [5.41, 5.74) is 3.13. The van der Waals surface area contributed by atoms with E-state index in [4.69, 9.17) is 46.4 Å². The van der Waals surface area contributed by atoms with Crippen LogP contribution in [-0.2, 0) is 32.1 Å². The first kappa shape index (κ1) is 51.6. The van der Waals surface area contributed by atoms with Gasteiger partial charge in [0.1, 0.15) is 5.82 Å². The van der Waals surface area contributed by atoms with Crippen LogP contribution in [0.25, 0.3) is 0 Å². The minimum atomic E-state index is -4.42. The highest BCUT2D eigenvalue weighted by atomic mass is 35.5. The van der Waals surface area contributed by atoms with Crippen molar-refractivity contribution in [3.63, 3.8) is 0 Å². The van der Waals surface area contributed by atoms with Gasteiger partial charge in [-0.3, -0.25) is 9.59 Å². The van der Waals surface area contributed by atoms with E-state index in [1.165, 1.54) is 34.6 Å². The van der Waals surface area contributed by atoms with Crippen LogP contribution >= 0.6 is 46.4 Å². The molecule has 0 aliphatic rings. The van der Waals surface area contributed by atoms with Crippen LogP contribution in [0.3, 0.4) is 0 Å². The summed E-state index contributed by atoms with van der Waals surface area (Å²) in [6.07, 6.45) is -3.50. The van der Waals surface area contributed by atoms with Crippen molar-refractivity contribution in [3.05, 3.63) is 198 Å². The zero-order valence-corrected chi connectivity index (χ0v) is 42.2. The van der Waals surface area contributed by atoms with Crippen LogP contribution in [0.5, 0.6) is 0 Å². The molecule has 65 heavy (non-hydrogen) atoms. The summed E-state index contributed by atoms with van der Waals surface area (Å²) in [5, 5.41) is 4.35. The molecule has 342 valence electrons. The Morgan fingerprint density at radius 3 is 1.46 bits per heavy atom. The second-order valence-electron chi connectivity index (χ2n) is 18.0. The average Bonchev–Trinajstić information content (AvgIpc) is 3.24. The summed E-state index contributed by atoms with van der Waals surface area (Å²) in [6, 6.07) is 38.0. The molecule has 0 saturated carbocycles. The summed E-state index contributed by atoms with van der Waals surface area (Å²) in [6.45, 7) is 15.1. The van der Waals surface area contributed by atoms with Gasteiger partial charge in [-0.25, -0.2) is 4.39 Å². The molecule has 0 aromatic heterocycles. The lowest BCUT2D eigenvalue weighted by molar-refractivity contribution is -0.137. The van der Waals surface area contributed by atoms with Crippen LogP contribution in [0.15, 0.2) is 133 Å². The van der Waals surface area contributed by atoms with E-state index in [1.807, 2.05) is 36.4 Å². The van der Waals surface area contributed by atoms with Gasteiger partial charge in [0, 0.05) is 51.8 Å². The first-order valence-corrected chi connectivity index (χ1v) is 29.6. The summed E-state index contributed by atoms with van der Waals surface area (Å²) in [5.74, 6) is -1.23. The van der Waals surface area contributed by atoms with Gasteiger partial charge in [-0.05, 0) is 89.7 Å². The molecule has 0 heterocycles. The highest BCUT2D eigenvalue weighted by Crippen LogP contribution is 2.30. The van der Waals surface area contributed by atoms with Gasteiger partial charge in [-0.15, -0.1) is 0 Å². The molecular formula is C51H52Cl4F4N2O2Si2. The van der Waals surface area contributed by atoms with Crippen molar-refractivity contribution in [2.24, 2.45) is 0 Å². The third kappa shape index (κ3) is 15.6. The van der Waals surface area contributed by atoms with Gasteiger partial charge >= 0.3 is 6.18 Å². The quantitative estimate of drug-likeness (QED) is 0.0806. The van der Waals surface area contributed by atoms with E-state index in [9.17, 15) is 27.2 Å². The van der Waals surface area contributed by atoms with Gasteiger partial charge in [-0.1, -0.05) is 175 Å². The van der Waals surface area contributed by atoms with Crippen LogP contribution < -0.4 is 10.4 Å². The molecule has 0 fully saturated rings. The number of carbonyl (C=O) groups excluding carboxylic acids is 2.